The first-order valence-electron chi connectivity index (χ1n) is 6.05. The summed E-state index contributed by atoms with van der Waals surface area (Å²) in [4.78, 5) is 0. The predicted octanol–water partition coefficient (Wildman–Crippen LogP) is 5.84. The van der Waals surface area contributed by atoms with Crippen LogP contribution >= 0.6 is 0 Å². The van der Waals surface area contributed by atoms with Gasteiger partial charge in [0.15, 0.2) is 0 Å². The van der Waals surface area contributed by atoms with Gasteiger partial charge in [0.05, 0.1) is 0 Å². The molecule has 0 N–H and O–H groups in total. The number of rotatable bonds is 6. The highest BCUT2D eigenvalue weighted by Gasteiger charge is 1.83. The topological polar surface area (TPSA) is 0 Å². The van der Waals surface area contributed by atoms with Crippen LogP contribution in [0.1, 0.15) is 53.4 Å². The van der Waals surface area contributed by atoms with E-state index in [0.29, 0.717) is 0 Å². The summed E-state index contributed by atoms with van der Waals surface area (Å²) in [5.74, 6) is 0. The Balaban J connectivity index is 0. The Morgan fingerprint density at radius 1 is 0.938 bits per heavy atom. The van der Waals surface area contributed by atoms with Crippen LogP contribution in [0.5, 0.6) is 0 Å². The Labute approximate surface area is 102 Å². The lowest BCUT2D eigenvalue weighted by Crippen LogP contribution is -1.73. The first-order valence-corrected chi connectivity index (χ1v) is 6.05. The van der Waals surface area contributed by atoms with E-state index in [0.717, 1.165) is 6.42 Å². The number of hydrogen-bond acceptors (Lipinski definition) is 0. The van der Waals surface area contributed by atoms with Gasteiger partial charge in [-0.2, -0.15) is 0 Å². The Kier molecular flexibility index (Phi) is 15.1. The molecule has 0 atom stereocenters. The fourth-order valence-corrected chi connectivity index (χ4v) is 1.01. The van der Waals surface area contributed by atoms with Gasteiger partial charge in [-0.25, -0.2) is 0 Å². The lowest BCUT2D eigenvalue weighted by molar-refractivity contribution is 0.834. The molecule has 0 bridgehead atoms. The molecule has 0 rings (SSSR count). The zero-order valence-corrected chi connectivity index (χ0v) is 11.6. The molecule has 92 valence electrons. The molecule has 0 saturated heterocycles. The monoisotopic (exact) mass is 220 g/mol. The van der Waals surface area contributed by atoms with Crippen molar-refractivity contribution in [3.8, 4) is 0 Å². The van der Waals surface area contributed by atoms with Crippen molar-refractivity contribution in [2.45, 2.75) is 53.4 Å². The summed E-state index contributed by atoms with van der Waals surface area (Å²) in [7, 11) is 0. The maximum Gasteiger partial charge on any atom is -0.0144 e. The van der Waals surface area contributed by atoms with E-state index in [1.54, 1.807) is 0 Å². The van der Waals surface area contributed by atoms with Gasteiger partial charge in [0.1, 0.15) is 0 Å². The van der Waals surface area contributed by atoms with E-state index in [-0.39, 0.29) is 0 Å². The lowest BCUT2D eigenvalue weighted by Gasteiger charge is -1.93. The van der Waals surface area contributed by atoms with Crippen LogP contribution in [0.2, 0.25) is 0 Å². The Morgan fingerprint density at radius 3 is 1.81 bits per heavy atom. The predicted molar refractivity (Wildman–Crippen MR) is 77.7 cm³/mol. The Hall–Kier alpha value is -1.04. The van der Waals surface area contributed by atoms with Crippen LogP contribution < -0.4 is 0 Å². The van der Waals surface area contributed by atoms with Crippen LogP contribution in [0.15, 0.2) is 48.6 Å². The minimum atomic E-state index is 1.02. The van der Waals surface area contributed by atoms with E-state index in [9.17, 15) is 0 Å². The van der Waals surface area contributed by atoms with Gasteiger partial charge in [-0.1, -0.05) is 42.0 Å². The van der Waals surface area contributed by atoms with Crippen molar-refractivity contribution >= 4 is 0 Å². The van der Waals surface area contributed by atoms with E-state index in [4.69, 9.17) is 0 Å². The maximum atomic E-state index is 3.83. The molecule has 0 unspecified atom stereocenters. The van der Waals surface area contributed by atoms with Crippen molar-refractivity contribution in [2.75, 3.05) is 0 Å². The highest BCUT2D eigenvalue weighted by atomic mass is 13.9. The SMILES string of the molecule is C=C(C)CC=CC.C=C(C)CCCC=CC. The fourth-order valence-electron chi connectivity index (χ4n) is 1.01. The molecule has 0 amide bonds. The zero-order chi connectivity index (χ0) is 12.8. The summed E-state index contributed by atoms with van der Waals surface area (Å²) in [6, 6.07) is 0. The van der Waals surface area contributed by atoms with E-state index < -0.39 is 0 Å². The summed E-state index contributed by atoms with van der Waals surface area (Å²) in [6.45, 7) is 15.7. The molecule has 0 aromatic heterocycles. The van der Waals surface area contributed by atoms with Gasteiger partial charge < -0.3 is 0 Å². The van der Waals surface area contributed by atoms with Crippen molar-refractivity contribution in [1.82, 2.24) is 0 Å². The number of allylic oxidation sites excluding steroid dienone is 6. The third-order valence-corrected chi connectivity index (χ3v) is 1.91. The standard InChI is InChI=1S/C9H16.C7H12/c1-4-5-6-7-8-9(2)3;1-4-5-6-7(2)3/h4-5H,2,6-8H2,1,3H3;4-5H,2,6H2,1,3H3. The number of unbranched alkanes of at least 4 members (excludes halogenated alkanes) is 1. The normalized spacial score (nSPS) is 10.2. The minimum Gasteiger partial charge on any atom is -0.100 e. The van der Waals surface area contributed by atoms with E-state index in [1.165, 1.54) is 30.4 Å². The van der Waals surface area contributed by atoms with Crippen LogP contribution in [0.4, 0.5) is 0 Å². The quantitative estimate of drug-likeness (QED) is 0.390. The minimum absolute atomic E-state index is 1.02. The van der Waals surface area contributed by atoms with Gasteiger partial charge in [-0.3, -0.25) is 0 Å². The molecule has 0 heterocycles. The van der Waals surface area contributed by atoms with Crippen molar-refractivity contribution in [2.24, 2.45) is 0 Å². The average molecular weight is 220 g/mol. The molecule has 0 radical (unpaired) electrons. The molecule has 0 fully saturated rings. The second-order valence-electron chi connectivity index (χ2n) is 4.15. The highest BCUT2D eigenvalue weighted by Crippen LogP contribution is 2.03. The molecule has 0 saturated carbocycles. The van der Waals surface area contributed by atoms with Gasteiger partial charge in [-0.05, 0) is 53.4 Å². The fraction of sp³-hybridized carbons (Fsp3) is 0.500. The summed E-state index contributed by atoms with van der Waals surface area (Å²) < 4.78 is 0. The average Bonchev–Trinajstić information content (AvgIpc) is 2.22. The largest absolute Gasteiger partial charge is 0.100 e. The maximum absolute atomic E-state index is 3.83. The molecule has 0 spiro atoms. The van der Waals surface area contributed by atoms with E-state index >= 15 is 0 Å². The molecule has 0 nitrogen and oxygen atoms in total. The van der Waals surface area contributed by atoms with Gasteiger partial charge in [0.2, 0.25) is 0 Å². The van der Waals surface area contributed by atoms with Crippen LogP contribution in [-0.4, -0.2) is 0 Å². The van der Waals surface area contributed by atoms with Crippen molar-refractivity contribution in [3.63, 3.8) is 0 Å². The third-order valence-electron chi connectivity index (χ3n) is 1.91. The van der Waals surface area contributed by atoms with Crippen LogP contribution in [0.25, 0.3) is 0 Å². The molecular formula is C16H28. The van der Waals surface area contributed by atoms with Crippen molar-refractivity contribution in [3.05, 3.63) is 48.6 Å². The third kappa shape index (κ3) is 23.1. The molecule has 16 heavy (non-hydrogen) atoms. The smallest absolute Gasteiger partial charge is 0.0144 e. The number of hydrogen-bond donors (Lipinski definition) is 0. The van der Waals surface area contributed by atoms with E-state index in [2.05, 4.69) is 45.2 Å². The first-order chi connectivity index (χ1) is 7.54. The van der Waals surface area contributed by atoms with Gasteiger partial charge in [0, 0.05) is 0 Å². The second-order valence-corrected chi connectivity index (χ2v) is 4.15. The van der Waals surface area contributed by atoms with Crippen LogP contribution in [-0.2, 0) is 0 Å². The van der Waals surface area contributed by atoms with Crippen molar-refractivity contribution in [1.29, 1.82) is 0 Å². The zero-order valence-electron chi connectivity index (χ0n) is 11.6. The molecule has 0 aromatic carbocycles. The van der Waals surface area contributed by atoms with E-state index in [1.807, 2.05) is 19.9 Å². The van der Waals surface area contributed by atoms with Gasteiger partial charge >= 0.3 is 0 Å². The summed E-state index contributed by atoms with van der Waals surface area (Å²) in [6.07, 6.45) is 13.1. The molecule has 0 aliphatic heterocycles. The molecule has 0 heteroatoms. The second kappa shape index (κ2) is 14.0. The Morgan fingerprint density at radius 2 is 1.50 bits per heavy atom. The van der Waals surface area contributed by atoms with Gasteiger partial charge in [-0.15, -0.1) is 6.58 Å². The molecule has 0 aromatic rings. The molecule has 0 aliphatic carbocycles. The molecule has 0 aliphatic rings. The highest BCUT2D eigenvalue weighted by molar-refractivity contribution is 4.97. The summed E-state index contributed by atoms with van der Waals surface area (Å²) >= 11 is 0. The molecular weight excluding hydrogens is 192 g/mol. The van der Waals surface area contributed by atoms with Gasteiger partial charge in [0.25, 0.3) is 0 Å². The lowest BCUT2D eigenvalue weighted by atomic mass is 10.1. The summed E-state index contributed by atoms with van der Waals surface area (Å²) in [5.41, 5.74) is 2.51. The van der Waals surface area contributed by atoms with Crippen LogP contribution in [0, 0.1) is 0 Å². The summed E-state index contributed by atoms with van der Waals surface area (Å²) in [5, 5.41) is 0. The van der Waals surface area contributed by atoms with Crippen molar-refractivity contribution < 1.29 is 0 Å². The first kappa shape index (κ1) is 17.4. The van der Waals surface area contributed by atoms with Crippen LogP contribution in [0.3, 0.4) is 0 Å². The Bertz CT molecular complexity index is 228.